The number of rotatable bonds is 6. The van der Waals surface area contributed by atoms with Crippen molar-refractivity contribution in [1.29, 1.82) is 0 Å². The maximum Gasteiger partial charge on any atom is 0.148 e. The van der Waals surface area contributed by atoms with Gasteiger partial charge in [-0.3, -0.25) is 0 Å². The second-order valence-corrected chi connectivity index (χ2v) is 7.31. The molecule has 0 aromatic rings. The molecule has 0 amide bonds. The van der Waals surface area contributed by atoms with Crippen molar-refractivity contribution in [3.05, 3.63) is 0 Å². The molecule has 0 aliphatic heterocycles. The average Bonchev–Trinajstić information content (AvgIpc) is 2.63. The predicted molar refractivity (Wildman–Crippen MR) is 64.2 cm³/mol. The largest absolute Gasteiger partial charge is 0.304 e. The predicted octanol–water partition coefficient (Wildman–Crippen LogP) is 0.722. The Labute approximate surface area is 97.9 Å². The summed E-state index contributed by atoms with van der Waals surface area (Å²) in [6, 6.07) is 0. The van der Waals surface area contributed by atoms with Gasteiger partial charge in [0.15, 0.2) is 0 Å². The monoisotopic (exact) mass is 247 g/mol. The number of carbonyl (C=O) groups excluding carboxylic acids is 1. The third kappa shape index (κ3) is 4.22. The fraction of sp³-hybridized carbons (Fsp3) is 0.909. The van der Waals surface area contributed by atoms with Crippen LogP contribution in [0.4, 0.5) is 0 Å². The van der Waals surface area contributed by atoms with Crippen LogP contribution in [0.3, 0.4) is 0 Å². The second kappa shape index (κ2) is 5.27. The highest BCUT2D eigenvalue weighted by atomic mass is 32.2. The van der Waals surface area contributed by atoms with E-state index in [-0.39, 0.29) is 11.2 Å². The fourth-order valence-electron chi connectivity index (χ4n) is 2.33. The molecule has 0 aromatic carbocycles. The van der Waals surface area contributed by atoms with Crippen molar-refractivity contribution in [2.45, 2.75) is 25.7 Å². The van der Waals surface area contributed by atoms with Crippen LogP contribution in [0.15, 0.2) is 0 Å². The van der Waals surface area contributed by atoms with Gasteiger partial charge in [0.1, 0.15) is 16.1 Å². The number of nitrogens with zero attached hydrogens (tertiary/aromatic N) is 1. The molecule has 0 spiro atoms. The average molecular weight is 247 g/mol. The van der Waals surface area contributed by atoms with Gasteiger partial charge in [0.05, 0.1) is 5.75 Å². The van der Waals surface area contributed by atoms with Crippen LogP contribution in [0, 0.1) is 5.41 Å². The van der Waals surface area contributed by atoms with Crippen molar-refractivity contribution in [3.63, 3.8) is 0 Å². The molecule has 0 aromatic heterocycles. The van der Waals surface area contributed by atoms with Gasteiger partial charge >= 0.3 is 0 Å². The van der Waals surface area contributed by atoms with E-state index in [1.165, 1.54) is 6.26 Å². The summed E-state index contributed by atoms with van der Waals surface area (Å²) >= 11 is 0. The molecule has 1 aliphatic carbocycles. The van der Waals surface area contributed by atoms with E-state index in [0.717, 1.165) is 32.0 Å². The lowest BCUT2D eigenvalue weighted by Crippen LogP contribution is -2.37. The number of aldehydes is 1. The Balaban J connectivity index is 2.43. The lowest BCUT2D eigenvalue weighted by Gasteiger charge is -2.28. The highest BCUT2D eigenvalue weighted by Gasteiger charge is 2.34. The Kier molecular flexibility index (Phi) is 4.50. The van der Waals surface area contributed by atoms with Gasteiger partial charge in [0, 0.05) is 24.8 Å². The maximum atomic E-state index is 11.1. The number of hydrogen-bond acceptors (Lipinski definition) is 4. The van der Waals surface area contributed by atoms with Crippen LogP contribution in [-0.4, -0.2) is 51.7 Å². The first-order valence-corrected chi connectivity index (χ1v) is 7.76. The molecule has 1 fully saturated rings. The first kappa shape index (κ1) is 13.6. The standard InChI is InChI=1S/C11H21NO3S/c1-12(7-8-16(2,14)15)9-11(10-13)5-3-4-6-11/h10H,3-9H2,1-2H3. The molecule has 0 heterocycles. The number of hydrogen-bond donors (Lipinski definition) is 0. The summed E-state index contributed by atoms with van der Waals surface area (Å²) in [5, 5.41) is 0. The maximum absolute atomic E-state index is 11.1. The van der Waals surface area contributed by atoms with Crippen LogP contribution in [0.1, 0.15) is 25.7 Å². The Morgan fingerprint density at radius 1 is 1.31 bits per heavy atom. The topological polar surface area (TPSA) is 54.5 Å². The zero-order chi connectivity index (χ0) is 12.2. The third-order valence-electron chi connectivity index (χ3n) is 3.28. The molecule has 0 N–H and O–H groups in total. The molecular formula is C11H21NO3S. The van der Waals surface area contributed by atoms with Gasteiger partial charge in [-0.15, -0.1) is 0 Å². The summed E-state index contributed by atoms with van der Waals surface area (Å²) in [6.45, 7) is 1.19. The van der Waals surface area contributed by atoms with E-state index in [1.54, 1.807) is 0 Å². The van der Waals surface area contributed by atoms with E-state index in [0.29, 0.717) is 13.1 Å². The van der Waals surface area contributed by atoms with Crippen molar-refractivity contribution in [1.82, 2.24) is 4.90 Å². The first-order valence-electron chi connectivity index (χ1n) is 5.69. The minimum Gasteiger partial charge on any atom is -0.304 e. The minimum absolute atomic E-state index is 0.165. The lowest BCUT2D eigenvalue weighted by atomic mass is 9.87. The highest BCUT2D eigenvalue weighted by molar-refractivity contribution is 7.90. The molecule has 16 heavy (non-hydrogen) atoms. The SMILES string of the molecule is CN(CCS(C)(=O)=O)CC1(C=O)CCCC1. The van der Waals surface area contributed by atoms with Crippen LogP contribution in [0.25, 0.3) is 0 Å². The van der Waals surface area contributed by atoms with Crippen LogP contribution in [-0.2, 0) is 14.6 Å². The van der Waals surface area contributed by atoms with E-state index in [9.17, 15) is 13.2 Å². The van der Waals surface area contributed by atoms with Gasteiger partial charge in [-0.2, -0.15) is 0 Å². The molecule has 0 unspecified atom stereocenters. The van der Waals surface area contributed by atoms with Crippen LogP contribution in [0.2, 0.25) is 0 Å². The summed E-state index contributed by atoms with van der Waals surface area (Å²) in [7, 11) is -1.03. The summed E-state index contributed by atoms with van der Waals surface area (Å²) in [4.78, 5) is 13.1. The van der Waals surface area contributed by atoms with E-state index in [4.69, 9.17) is 0 Å². The molecule has 0 saturated heterocycles. The Bertz CT molecular complexity index is 331. The van der Waals surface area contributed by atoms with Crippen molar-refractivity contribution in [2.24, 2.45) is 5.41 Å². The number of carbonyl (C=O) groups is 1. The number of sulfone groups is 1. The third-order valence-corrected chi connectivity index (χ3v) is 4.20. The highest BCUT2D eigenvalue weighted by Crippen LogP contribution is 2.36. The van der Waals surface area contributed by atoms with Crippen LogP contribution in [0.5, 0.6) is 0 Å². The minimum atomic E-state index is -2.91. The zero-order valence-electron chi connectivity index (χ0n) is 10.1. The fourth-order valence-corrected chi connectivity index (χ4v) is 2.97. The van der Waals surface area contributed by atoms with Gasteiger partial charge in [0.2, 0.25) is 0 Å². The van der Waals surface area contributed by atoms with E-state index in [2.05, 4.69) is 0 Å². The normalized spacial score (nSPS) is 20.2. The van der Waals surface area contributed by atoms with Gasteiger partial charge in [0.25, 0.3) is 0 Å². The van der Waals surface area contributed by atoms with Crippen LogP contribution >= 0.6 is 0 Å². The van der Waals surface area contributed by atoms with Crippen LogP contribution < -0.4 is 0 Å². The van der Waals surface area contributed by atoms with Crippen molar-refractivity contribution in [2.75, 3.05) is 32.1 Å². The molecular weight excluding hydrogens is 226 g/mol. The Morgan fingerprint density at radius 3 is 2.31 bits per heavy atom. The van der Waals surface area contributed by atoms with E-state index >= 15 is 0 Å². The molecule has 94 valence electrons. The van der Waals surface area contributed by atoms with Gasteiger partial charge in [-0.05, 0) is 19.9 Å². The molecule has 1 rings (SSSR count). The smallest absolute Gasteiger partial charge is 0.148 e. The van der Waals surface area contributed by atoms with Crippen molar-refractivity contribution < 1.29 is 13.2 Å². The van der Waals surface area contributed by atoms with Crippen molar-refractivity contribution >= 4 is 16.1 Å². The van der Waals surface area contributed by atoms with Gasteiger partial charge in [-0.1, -0.05) is 12.8 Å². The van der Waals surface area contributed by atoms with Gasteiger partial charge in [-0.25, -0.2) is 8.42 Å². The summed E-state index contributed by atoms with van der Waals surface area (Å²) in [5.74, 6) is 0.165. The first-order chi connectivity index (χ1) is 7.37. The molecule has 0 bridgehead atoms. The summed E-state index contributed by atoms with van der Waals surface area (Å²) in [6.07, 6.45) is 6.42. The van der Waals surface area contributed by atoms with E-state index in [1.807, 2.05) is 11.9 Å². The Morgan fingerprint density at radius 2 is 1.88 bits per heavy atom. The molecule has 1 aliphatic rings. The molecule has 1 saturated carbocycles. The molecule has 0 atom stereocenters. The molecule has 5 heteroatoms. The molecule has 4 nitrogen and oxygen atoms in total. The van der Waals surface area contributed by atoms with E-state index < -0.39 is 9.84 Å². The summed E-state index contributed by atoms with van der Waals surface area (Å²) < 4.78 is 22.1. The molecule has 0 radical (unpaired) electrons. The van der Waals surface area contributed by atoms with Gasteiger partial charge < -0.3 is 9.69 Å². The second-order valence-electron chi connectivity index (χ2n) is 5.05. The quantitative estimate of drug-likeness (QED) is 0.649. The zero-order valence-corrected chi connectivity index (χ0v) is 10.9. The van der Waals surface area contributed by atoms with Crippen molar-refractivity contribution in [3.8, 4) is 0 Å². The Hall–Kier alpha value is -0.420. The lowest BCUT2D eigenvalue weighted by molar-refractivity contribution is -0.116. The summed E-state index contributed by atoms with van der Waals surface area (Å²) in [5.41, 5.74) is -0.216.